The molecule has 1 aliphatic rings. The summed E-state index contributed by atoms with van der Waals surface area (Å²) in [6.45, 7) is 8.24. The first kappa shape index (κ1) is 22.1. The number of hydrogen-bond donors (Lipinski definition) is 2. The number of amides is 1. The lowest BCUT2D eigenvalue weighted by molar-refractivity contribution is -0.117. The van der Waals surface area contributed by atoms with Gasteiger partial charge in [0.15, 0.2) is 10.5 Å². The van der Waals surface area contributed by atoms with Gasteiger partial charge in [0.25, 0.3) is 0 Å². The highest BCUT2D eigenvalue weighted by atomic mass is 32.2. The maximum Gasteiger partial charge on any atom is 0.250 e. The van der Waals surface area contributed by atoms with Crippen LogP contribution in [0.3, 0.4) is 0 Å². The van der Waals surface area contributed by atoms with E-state index in [4.69, 9.17) is 10.3 Å². The SMILES string of the molecule is CC(=O)c1cc(C)cc(C)c1C1(S(=O)(=O)Nc2onc(C)c2C)C=CSC1C(N)=O. The smallest absolute Gasteiger partial charge is 0.250 e. The number of ketones is 1. The van der Waals surface area contributed by atoms with Gasteiger partial charge in [-0.15, -0.1) is 11.8 Å². The number of carbonyl (C=O) groups excluding carboxylic acids is 2. The molecule has 1 aromatic heterocycles. The summed E-state index contributed by atoms with van der Waals surface area (Å²) >= 11 is 1.00. The van der Waals surface area contributed by atoms with E-state index in [0.717, 1.165) is 17.3 Å². The zero-order valence-corrected chi connectivity index (χ0v) is 18.9. The third-order valence-corrected chi connectivity index (χ3v) is 8.50. The average molecular weight is 450 g/mol. The molecule has 0 spiro atoms. The molecular formula is C20H23N3O5S2. The van der Waals surface area contributed by atoms with Gasteiger partial charge in [0.05, 0.1) is 5.69 Å². The van der Waals surface area contributed by atoms with E-state index >= 15 is 0 Å². The molecule has 3 N–H and O–H groups in total. The molecule has 2 heterocycles. The number of Topliss-reactive ketones (excluding diaryl/α,β-unsaturated/α-hetero) is 1. The summed E-state index contributed by atoms with van der Waals surface area (Å²) < 4.78 is 33.3. The number of carbonyl (C=O) groups is 2. The molecule has 0 saturated carbocycles. The molecule has 10 heteroatoms. The number of aryl methyl sites for hydroxylation is 3. The Hall–Kier alpha value is -2.59. The van der Waals surface area contributed by atoms with Gasteiger partial charge in [-0.25, -0.2) is 13.1 Å². The zero-order valence-electron chi connectivity index (χ0n) is 17.3. The lowest BCUT2D eigenvalue weighted by Crippen LogP contribution is -2.51. The molecule has 0 radical (unpaired) electrons. The Bertz CT molecular complexity index is 1180. The van der Waals surface area contributed by atoms with Crippen LogP contribution < -0.4 is 10.5 Å². The molecule has 160 valence electrons. The number of thioether (sulfide) groups is 1. The molecule has 3 rings (SSSR count). The van der Waals surface area contributed by atoms with Crippen molar-refractivity contribution >= 4 is 39.4 Å². The van der Waals surface area contributed by atoms with Gasteiger partial charge in [-0.2, -0.15) is 0 Å². The number of benzene rings is 1. The van der Waals surface area contributed by atoms with Gasteiger partial charge in [0.2, 0.25) is 21.8 Å². The largest absolute Gasteiger partial charge is 0.369 e. The lowest BCUT2D eigenvalue weighted by Gasteiger charge is -2.34. The minimum atomic E-state index is -4.37. The van der Waals surface area contributed by atoms with Gasteiger partial charge in [0, 0.05) is 11.1 Å². The number of nitrogens with one attached hydrogen (secondary N) is 1. The van der Waals surface area contributed by atoms with Gasteiger partial charge in [-0.3, -0.25) is 9.59 Å². The van der Waals surface area contributed by atoms with Crippen molar-refractivity contribution in [3.63, 3.8) is 0 Å². The number of rotatable bonds is 6. The Morgan fingerprint density at radius 2 is 1.90 bits per heavy atom. The van der Waals surface area contributed by atoms with Crippen molar-refractivity contribution < 1.29 is 22.5 Å². The quantitative estimate of drug-likeness (QED) is 0.648. The monoisotopic (exact) mass is 449 g/mol. The Balaban J connectivity index is 2.35. The molecule has 1 amide bonds. The number of anilines is 1. The Labute approximate surface area is 179 Å². The van der Waals surface area contributed by atoms with Gasteiger partial charge >= 0.3 is 0 Å². The molecule has 8 nitrogen and oxygen atoms in total. The number of primary amides is 1. The van der Waals surface area contributed by atoms with Crippen molar-refractivity contribution in [1.29, 1.82) is 0 Å². The lowest BCUT2D eigenvalue weighted by atomic mass is 9.84. The normalized spacial score (nSPS) is 21.0. The maximum atomic E-state index is 13.8. The summed E-state index contributed by atoms with van der Waals surface area (Å²) in [5.74, 6) is -1.17. The van der Waals surface area contributed by atoms with E-state index in [0.29, 0.717) is 16.8 Å². The summed E-state index contributed by atoms with van der Waals surface area (Å²) in [5, 5.41) is 4.12. The van der Waals surface area contributed by atoms with E-state index in [9.17, 15) is 18.0 Å². The number of aromatic nitrogens is 1. The first-order valence-corrected chi connectivity index (χ1v) is 11.6. The minimum Gasteiger partial charge on any atom is -0.369 e. The van der Waals surface area contributed by atoms with Crippen LogP contribution in [0.15, 0.2) is 28.1 Å². The fourth-order valence-electron chi connectivity index (χ4n) is 3.75. The highest BCUT2D eigenvalue weighted by Crippen LogP contribution is 2.50. The first-order chi connectivity index (χ1) is 13.9. The van der Waals surface area contributed by atoms with E-state index in [2.05, 4.69) is 9.88 Å². The Morgan fingerprint density at radius 3 is 2.43 bits per heavy atom. The number of hydrogen-bond acceptors (Lipinski definition) is 7. The first-order valence-electron chi connectivity index (χ1n) is 9.12. The van der Waals surface area contributed by atoms with E-state index in [-0.39, 0.29) is 22.8 Å². The topological polar surface area (TPSA) is 132 Å². The van der Waals surface area contributed by atoms with Crippen molar-refractivity contribution in [2.45, 2.75) is 44.6 Å². The molecular weight excluding hydrogens is 426 g/mol. The standard InChI is InChI=1S/C20H23N3O5S2/c1-10-8-11(2)16(15(9-10)14(5)24)20(6-7-29-17(20)18(21)25)30(26,27)23-19-12(3)13(4)22-28-19/h6-9,17,23H,1-5H3,(H2,21,25). The van der Waals surface area contributed by atoms with Crippen molar-refractivity contribution in [2.75, 3.05) is 4.72 Å². The van der Waals surface area contributed by atoms with Crippen LogP contribution in [0.25, 0.3) is 0 Å². The van der Waals surface area contributed by atoms with Crippen LogP contribution in [0.4, 0.5) is 5.88 Å². The van der Waals surface area contributed by atoms with E-state index in [1.165, 1.54) is 18.4 Å². The predicted octanol–water partition coefficient (Wildman–Crippen LogP) is 2.86. The fraction of sp³-hybridized carbons (Fsp3) is 0.350. The summed E-state index contributed by atoms with van der Waals surface area (Å²) in [5.41, 5.74) is 8.49. The van der Waals surface area contributed by atoms with Crippen LogP contribution in [0.1, 0.15) is 45.2 Å². The molecule has 1 aliphatic heterocycles. The second-order valence-corrected chi connectivity index (χ2v) is 10.3. The molecule has 30 heavy (non-hydrogen) atoms. The molecule has 2 atom stereocenters. The van der Waals surface area contributed by atoms with Crippen molar-refractivity contribution in [3.8, 4) is 0 Å². The van der Waals surface area contributed by atoms with E-state index < -0.39 is 25.9 Å². The van der Waals surface area contributed by atoms with Gasteiger partial charge < -0.3 is 10.3 Å². The molecule has 1 aromatic carbocycles. The number of nitrogens with two attached hydrogens (primary N) is 1. The number of sulfonamides is 1. The van der Waals surface area contributed by atoms with Crippen LogP contribution in [0.2, 0.25) is 0 Å². The van der Waals surface area contributed by atoms with Crippen LogP contribution in [0.5, 0.6) is 0 Å². The predicted molar refractivity (Wildman–Crippen MR) is 116 cm³/mol. The van der Waals surface area contributed by atoms with Crippen LogP contribution in [0, 0.1) is 27.7 Å². The second-order valence-electron chi connectivity index (χ2n) is 7.40. The Kier molecular flexibility index (Phi) is 5.59. The summed E-state index contributed by atoms with van der Waals surface area (Å²) in [6.07, 6.45) is 1.41. The average Bonchev–Trinajstić information content (AvgIpc) is 3.21. The summed E-state index contributed by atoms with van der Waals surface area (Å²) in [4.78, 5) is 24.9. The second kappa shape index (κ2) is 7.59. The van der Waals surface area contributed by atoms with Crippen LogP contribution >= 0.6 is 11.8 Å². The maximum absolute atomic E-state index is 13.8. The Morgan fingerprint density at radius 1 is 1.23 bits per heavy atom. The fourth-order valence-corrected chi connectivity index (χ4v) is 7.15. The third-order valence-electron chi connectivity index (χ3n) is 5.26. The van der Waals surface area contributed by atoms with E-state index in [1.807, 2.05) is 6.92 Å². The molecule has 0 bridgehead atoms. The zero-order chi connectivity index (χ0) is 22.4. The van der Waals surface area contributed by atoms with Crippen molar-refractivity contribution in [3.05, 3.63) is 57.1 Å². The summed E-state index contributed by atoms with van der Waals surface area (Å²) in [7, 11) is -4.37. The van der Waals surface area contributed by atoms with Crippen molar-refractivity contribution in [1.82, 2.24) is 5.16 Å². The van der Waals surface area contributed by atoms with E-state index in [1.54, 1.807) is 32.9 Å². The van der Waals surface area contributed by atoms with Gasteiger partial charge in [-0.1, -0.05) is 16.8 Å². The molecule has 0 saturated heterocycles. The highest BCUT2D eigenvalue weighted by molar-refractivity contribution is 8.05. The molecule has 2 unspecified atom stereocenters. The van der Waals surface area contributed by atoms with Crippen molar-refractivity contribution in [2.24, 2.45) is 5.73 Å². The van der Waals surface area contributed by atoms with Crippen LogP contribution in [-0.4, -0.2) is 30.5 Å². The number of nitrogens with zero attached hydrogens (tertiary/aromatic N) is 1. The molecule has 0 aliphatic carbocycles. The molecule has 0 fully saturated rings. The van der Waals surface area contributed by atoms with Crippen LogP contribution in [-0.2, 0) is 19.6 Å². The van der Waals surface area contributed by atoms with Gasteiger partial charge in [0.1, 0.15) is 5.25 Å². The minimum absolute atomic E-state index is 0.0467. The third kappa shape index (κ3) is 3.33. The summed E-state index contributed by atoms with van der Waals surface area (Å²) in [6, 6.07) is 3.40. The molecule has 2 aromatic rings. The van der Waals surface area contributed by atoms with Gasteiger partial charge in [-0.05, 0) is 63.3 Å². The highest BCUT2D eigenvalue weighted by Gasteiger charge is 2.57.